The average molecular weight is 264 g/mol. The Morgan fingerprint density at radius 1 is 1.00 bits per heavy atom. The Morgan fingerprint density at radius 2 is 1.63 bits per heavy atom. The first kappa shape index (κ1) is 12.8. The molecule has 6 heteroatoms. The number of nitrogen functional groups attached to an aromatic ring is 1. The largest absolute Gasteiger partial charge is 0.457 e. The number of carbonyl (C=O) groups is 1. The maximum atomic E-state index is 13.0. The van der Waals surface area contributed by atoms with E-state index in [1.54, 1.807) is 0 Å². The van der Waals surface area contributed by atoms with Crippen LogP contribution >= 0.6 is 0 Å². The van der Waals surface area contributed by atoms with Crippen molar-refractivity contribution < 1.29 is 18.3 Å². The van der Waals surface area contributed by atoms with E-state index >= 15 is 0 Å². The lowest BCUT2D eigenvalue weighted by Gasteiger charge is -2.08. The number of anilines is 1. The molecule has 2 rings (SSSR count). The second-order valence-corrected chi connectivity index (χ2v) is 3.82. The Hall–Kier alpha value is -2.63. The van der Waals surface area contributed by atoms with Gasteiger partial charge in [-0.25, -0.2) is 8.78 Å². The van der Waals surface area contributed by atoms with E-state index < -0.39 is 17.5 Å². The van der Waals surface area contributed by atoms with Crippen LogP contribution in [0.4, 0.5) is 14.5 Å². The molecular weight excluding hydrogens is 254 g/mol. The summed E-state index contributed by atoms with van der Waals surface area (Å²) in [7, 11) is 0. The Balaban J connectivity index is 2.33. The standard InChI is InChI=1S/C13H10F2N2O2/c14-7-3-8(15)5-10(4-7)19-9-1-2-12(16)11(6-9)13(17)18/h1-6H,16H2,(H2,17,18). The number of halogens is 2. The topological polar surface area (TPSA) is 78.3 Å². The van der Waals surface area contributed by atoms with Gasteiger partial charge in [0.05, 0.1) is 5.56 Å². The molecule has 0 heterocycles. The zero-order valence-corrected chi connectivity index (χ0v) is 9.69. The van der Waals surface area contributed by atoms with Crippen LogP contribution in [0.5, 0.6) is 11.5 Å². The molecule has 0 bridgehead atoms. The first-order chi connectivity index (χ1) is 8.95. The minimum atomic E-state index is -0.763. The van der Waals surface area contributed by atoms with Crippen LogP contribution in [0.2, 0.25) is 0 Å². The van der Waals surface area contributed by atoms with Gasteiger partial charge in [0.15, 0.2) is 0 Å². The van der Waals surface area contributed by atoms with Crippen LogP contribution in [0.3, 0.4) is 0 Å². The molecule has 0 radical (unpaired) electrons. The number of hydrogen-bond donors (Lipinski definition) is 2. The van der Waals surface area contributed by atoms with Crippen molar-refractivity contribution in [2.75, 3.05) is 5.73 Å². The van der Waals surface area contributed by atoms with Crippen molar-refractivity contribution in [3.63, 3.8) is 0 Å². The smallest absolute Gasteiger partial charge is 0.250 e. The number of ether oxygens (including phenoxy) is 1. The minimum Gasteiger partial charge on any atom is -0.457 e. The third kappa shape index (κ3) is 2.98. The van der Waals surface area contributed by atoms with E-state index in [0.29, 0.717) is 0 Å². The molecular formula is C13H10F2N2O2. The van der Waals surface area contributed by atoms with Gasteiger partial charge in [0, 0.05) is 23.9 Å². The van der Waals surface area contributed by atoms with Gasteiger partial charge in [0.1, 0.15) is 23.1 Å². The van der Waals surface area contributed by atoms with E-state index in [9.17, 15) is 13.6 Å². The van der Waals surface area contributed by atoms with Crippen LogP contribution in [0.1, 0.15) is 10.4 Å². The van der Waals surface area contributed by atoms with E-state index in [1.807, 2.05) is 0 Å². The molecule has 1 amide bonds. The number of primary amides is 1. The second kappa shape index (κ2) is 4.93. The highest BCUT2D eigenvalue weighted by atomic mass is 19.1. The van der Waals surface area contributed by atoms with Crippen molar-refractivity contribution in [1.29, 1.82) is 0 Å². The Bertz CT molecular complexity index is 624. The van der Waals surface area contributed by atoms with Gasteiger partial charge < -0.3 is 16.2 Å². The highest BCUT2D eigenvalue weighted by molar-refractivity contribution is 5.98. The minimum absolute atomic E-state index is 0.0299. The molecule has 0 spiro atoms. The van der Waals surface area contributed by atoms with Crippen LogP contribution in [0.25, 0.3) is 0 Å². The summed E-state index contributed by atoms with van der Waals surface area (Å²) in [5, 5.41) is 0. The Morgan fingerprint density at radius 3 is 2.21 bits per heavy atom. The molecule has 4 nitrogen and oxygen atoms in total. The Kier molecular flexibility index (Phi) is 3.33. The molecule has 0 fully saturated rings. The van der Waals surface area contributed by atoms with Gasteiger partial charge in [-0.2, -0.15) is 0 Å². The lowest BCUT2D eigenvalue weighted by atomic mass is 10.1. The first-order valence-corrected chi connectivity index (χ1v) is 5.29. The molecule has 0 aliphatic carbocycles. The third-order valence-corrected chi connectivity index (χ3v) is 2.36. The van der Waals surface area contributed by atoms with Crippen molar-refractivity contribution in [3.05, 3.63) is 53.6 Å². The van der Waals surface area contributed by atoms with Gasteiger partial charge in [-0.15, -0.1) is 0 Å². The van der Waals surface area contributed by atoms with Crippen LogP contribution < -0.4 is 16.2 Å². The SMILES string of the molecule is NC(=O)c1cc(Oc2cc(F)cc(F)c2)ccc1N. The molecule has 0 aromatic heterocycles. The quantitative estimate of drug-likeness (QED) is 0.836. The third-order valence-electron chi connectivity index (χ3n) is 2.36. The molecule has 0 saturated heterocycles. The summed E-state index contributed by atoms with van der Waals surface area (Å²) in [6, 6.07) is 6.95. The molecule has 2 aromatic rings. The monoisotopic (exact) mass is 264 g/mol. The summed E-state index contributed by atoms with van der Waals surface area (Å²) >= 11 is 0. The van der Waals surface area contributed by atoms with Crippen LogP contribution in [0.15, 0.2) is 36.4 Å². The lowest BCUT2D eigenvalue weighted by molar-refractivity contribution is 0.100. The molecule has 2 aromatic carbocycles. The van der Waals surface area contributed by atoms with E-state index in [1.165, 1.54) is 18.2 Å². The van der Waals surface area contributed by atoms with Crippen molar-refractivity contribution in [2.24, 2.45) is 5.73 Å². The predicted octanol–water partition coefficient (Wildman–Crippen LogP) is 2.44. The maximum Gasteiger partial charge on any atom is 0.250 e. The van der Waals surface area contributed by atoms with Gasteiger partial charge in [-0.3, -0.25) is 4.79 Å². The maximum absolute atomic E-state index is 13.0. The molecule has 0 saturated carbocycles. The molecule has 0 atom stereocenters. The van der Waals surface area contributed by atoms with Gasteiger partial charge in [0.25, 0.3) is 5.91 Å². The van der Waals surface area contributed by atoms with Crippen molar-refractivity contribution >= 4 is 11.6 Å². The van der Waals surface area contributed by atoms with Crippen LogP contribution in [-0.4, -0.2) is 5.91 Å². The summed E-state index contributed by atoms with van der Waals surface area (Å²) < 4.78 is 31.2. The summed E-state index contributed by atoms with van der Waals surface area (Å²) in [4.78, 5) is 11.1. The van der Waals surface area contributed by atoms with E-state index in [4.69, 9.17) is 16.2 Å². The highest BCUT2D eigenvalue weighted by Gasteiger charge is 2.09. The van der Waals surface area contributed by atoms with Gasteiger partial charge >= 0.3 is 0 Å². The van der Waals surface area contributed by atoms with Gasteiger partial charge in [-0.05, 0) is 18.2 Å². The second-order valence-electron chi connectivity index (χ2n) is 3.82. The van der Waals surface area contributed by atoms with Gasteiger partial charge in [-0.1, -0.05) is 0 Å². The van der Waals surface area contributed by atoms with Crippen molar-refractivity contribution in [3.8, 4) is 11.5 Å². The molecule has 4 N–H and O–H groups in total. The van der Waals surface area contributed by atoms with Crippen molar-refractivity contribution in [2.45, 2.75) is 0 Å². The van der Waals surface area contributed by atoms with Gasteiger partial charge in [0.2, 0.25) is 0 Å². The fourth-order valence-electron chi connectivity index (χ4n) is 1.54. The number of hydrogen-bond acceptors (Lipinski definition) is 3. The fourth-order valence-corrected chi connectivity index (χ4v) is 1.54. The first-order valence-electron chi connectivity index (χ1n) is 5.29. The van der Waals surface area contributed by atoms with E-state index in [2.05, 4.69) is 0 Å². The van der Waals surface area contributed by atoms with Crippen LogP contribution in [0, 0.1) is 11.6 Å². The average Bonchev–Trinajstić information content (AvgIpc) is 2.30. The number of benzene rings is 2. The molecule has 19 heavy (non-hydrogen) atoms. The normalized spacial score (nSPS) is 10.2. The fraction of sp³-hybridized carbons (Fsp3) is 0. The highest BCUT2D eigenvalue weighted by Crippen LogP contribution is 2.26. The van der Waals surface area contributed by atoms with Crippen molar-refractivity contribution in [1.82, 2.24) is 0 Å². The molecule has 98 valence electrons. The predicted molar refractivity (Wildman–Crippen MR) is 65.8 cm³/mol. The number of nitrogens with two attached hydrogens (primary N) is 2. The number of amides is 1. The lowest BCUT2D eigenvalue weighted by Crippen LogP contribution is -2.13. The summed E-state index contributed by atoms with van der Waals surface area (Å²) in [6.45, 7) is 0. The number of rotatable bonds is 3. The molecule has 0 aliphatic rings. The molecule has 0 aliphatic heterocycles. The van der Waals surface area contributed by atoms with Crippen LogP contribution in [-0.2, 0) is 0 Å². The molecule has 0 unspecified atom stereocenters. The number of carbonyl (C=O) groups excluding carboxylic acids is 1. The van der Waals surface area contributed by atoms with E-state index in [-0.39, 0.29) is 22.7 Å². The summed E-state index contributed by atoms with van der Waals surface area (Å²) in [6.07, 6.45) is 0. The zero-order chi connectivity index (χ0) is 14.0. The van der Waals surface area contributed by atoms with E-state index in [0.717, 1.165) is 18.2 Å². The zero-order valence-electron chi connectivity index (χ0n) is 9.69. The summed E-state index contributed by atoms with van der Waals surface area (Å²) in [5.74, 6) is -2.07. The Labute approximate surface area is 107 Å². The summed E-state index contributed by atoms with van der Waals surface area (Å²) in [5.41, 5.74) is 11.0.